The molecule has 4 rings (SSSR count). The topological polar surface area (TPSA) is 102 Å². The van der Waals surface area contributed by atoms with Gasteiger partial charge in [0.05, 0.1) is 18.7 Å². The fraction of sp³-hybridized carbons (Fsp3) is 0.333. The number of hydrogen-bond acceptors (Lipinski definition) is 5. The number of pyridine rings is 2. The second kappa shape index (κ2) is 6.06. The molecule has 1 saturated heterocycles. The van der Waals surface area contributed by atoms with Crippen molar-refractivity contribution in [3.63, 3.8) is 0 Å². The van der Waals surface area contributed by atoms with E-state index in [-0.39, 0.29) is 29.3 Å². The van der Waals surface area contributed by atoms with Gasteiger partial charge in [0.1, 0.15) is 11.3 Å². The Labute approximate surface area is 148 Å². The largest absolute Gasteiger partial charge is 0.477 e. The van der Waals surface area contributed by atoms with Gasteiger partial charge in [0.2, 0.25) is 5.43 Å². The van der Waals surface area contributed by atoms with E-state index in [1.54, 1.807) is 24.0 Å². The highest BCUT2D eigenvalue weighted by Gasteiger charge is 2.38. The van der Waals surface area contributed by atoms with Crippen LogP contribution in [0.3, 0.4) is 0 Å². The Bertz CT molecular complexity index is 964. The molecule has 1 unspecified atom stereocenters. The Morgan fingerprint density at radius 1 is 1.35 bits per heavy atom. The molecular formula is C18H17N3O5. The van der Waals surface area contributed by atoms with Gasteiger partial charge in [0, 0.05) is 30.2 Å². The van der Waals surface area contributed by atoms with Crippen LogP contribution in [0.1, 0.15) is 33.0 Å². The molecule has 1 amide bonds. The van der Waals surface area contributed by atoms with Gasteiger partial charge in [-0.3, -0.25) is 14.6 Å². The lowest BCUT2D eigenvalue weighted by Crippen LogP contribution is -2.53. The van der Waals surface area contributed by atoms with Crippen LogP contribution in [0.15, 0.2) is 29.3 Å². The second-order valence-electron chi connectivity index (χ2n) is 6.42. The zero-order valence-electron chi connectivity index (χ0n) is 14.1. The molecule has 8 nitrogen and oxygen atoms in total. The highest BCUT2D eigenvalue weighted by Crippen LogP contribution is 2.28. The zero-order valence-corrected chi connectivity index (χ0v) is 14.1. The molecule has 1 N–H and O–H groups in total. The normalized spacial score (nSPS) is 19.0. The van der Waals surface area contributed by atoms with Crippen molar-refractivity contribution in [2.45, 2.75) is 26.1 Å². The van der Waals surface area contributed by atoms with Crippen molar-refractivity contribution in [3.8, 4) is 11.1 Å². The maximum Gasteiger partial charge on any atom is 0.341 e. The molecule has 26 heavy (non-hydrogen) atoms. The number of ether oxygens (including phenoxy) is 1. The molecule has 8 heteroatoms. The van der Waals surface area contributed by atoms with Crippen LogP contribution in [0.5, 0.6) is 0 Å². The van der Waals surface area contributed by atoms with Gasteiger partial charge in [-0.1, -0.05) is 6.07 Å². The summed E-state index contributed by atoms with van der Waals surface area (Å²) in [5.74, 6) is -1.66. The van der Waals surface area contributed by atoms with E-state index in [0.29, 0.717) is 18.7 Å². The minimum atomic E-state index is -1.33. The molecular weight excluding hydrogens is 338 g/mol. The summed E-state index contributed by atoms with van der Waals surface area (Å²) in [6.07, 6.45) is 3.00. The maximum atomic E-state index is 13.1. The third kappa shape index (κ3) is 2.50. The lowest BCUT2D eigenvalue weighted by atomic mass is 9.99. The van der Waals surface area contributed by atoms with E-state index in [4.69, 9.17) is 4.74 Å². The smallest absolute Gasteiger partial charge is 0.341 e. The van der Waals surface area contributed by atoms with E-state index in [2.05, 4.69) is 4.98 Å². The van der Waals surface area contributed by atoms with Gasteiger partial charge in [-0.25, -0.2) is 4.79 Å². The summed E-state index contributed by atoms with van der Waals surface area (Å²) < 4.78 is 7.17. The average Bonchev–Trinajstić information content (AvgIpc) is 2.63. The van der Waals surface area contributed by atoms with Crippen molar-refractivity contribution in [2.24, 2.45) is 0 Å². The first-order valence-corrected chi connectivity index (χ1v) is 8.33. The van der Waals surface area contributed by atoms with Crippen LogP contribution in [0.25, 0.3) is 11.1 Å². The van der Waals surface area contributed by atoms with Gasteiger partial charge in [0.15, 0.2) is 6.23 Å². The van der Waals surface area contributed by atoms with Crippen molar-refractivity contribution in [2.75, 3.05) is 13.2 Å². The molecule has 4 heterocycles. The number of carbonyl (C=O) groups excluding carboxylic acids is 1. The highest BCUT2D eigenvalue weighted by molar-refractivity contribution is 6.01. The van der Waals surface area contributed by atoms with Gasteiger partial charge >= 0.3 is 5.97 Å². The Kier molecular flexibility index (Phi) is 3.84. The van der Waals surface area contributed by atoms with Gasteiger partial charge in [-0.15, -0.1) is 0 Å². The summed E-state index contributed by atoms with van der Waals surface area (Å²) >= 11 is 0. The molecule has 1 atom stereocenters. The van der Waals surface area contributed by atoms with E-state index in [1.807, 2.05) is 0 Å². The predicted octanol–water partition coefficient (Wildman–Crippen LogP) is 1.12. The predicted molar refractivity (Wildman–Crippen MR) is 91.0 cm³/mol. The van der Waals surface area contributed by atoms with Gasteiger partial charge in [0.25, 0.3) is 5.91 Å². The minimum Gasteiger partial charge on any atom is -0.477 e. The first-order valence-electron chi connectivity index (χ1n) is 8.33. The maximum absolute atomic E-state index is 13.1. The van der Waals surface area contributed by atoms with Crippen LogP contribution >= 0.6 is 0 Å². The van der Waals surface area contributed by atoms with Crippen molar-refractivity contribution in [1.29, 1.82) is 0 Å². The number of aromatic nitrogens is 2. The molecule has 2 aromatic heterocycles. The molecule has 0 bridgehead atoms. The standard InChI is InChI=1S/C18H17N3O5/c1-10-3-4-11(7-19-10)14-15-17(23)21-5-2-6-26-13(21)9-20(15)8-12(16(14)22)18(24)25/h3-4,7-8,13H,2,5-6,9H2,1H3,(H,24,25). The van der Waals surface area contributed by atoms with Gasteiger partial charge in [-0.2, -0.15) is 0 Å². The van der Waals surface area contributed by atoms with Crippen molar-refractivity contribution in [1.82, 2.24) is 14.5 Å². The van der Waals surface area contributed by atoms with Crippen LogP contribution in [-0.4, -0.2) is 50.8 Å². The van der Waals surface area contributed by atoms with Crippen LogP contribution in [-0.2, 0) is 11.3 Å². The Balaban J connectivity index is 1.99. The van der Waals surface area contributed by atoms with Crippen LogP contribution in [0.2, 0.25) is 0 Å². The molecule has 2 aliphatic rings. The van der Waals surface area contributed by atoms with Gasteiger partial charge < -0.3 is 19.3 Å². The van der Waals surface area contributed by atoms with E-state index in [1.165, 1.54) is 17.0 Å². The monoisotopic (exact) mass is 355 g/mol. The van der Waals surface area contributed by atoms with Crippen LogP contribution in [0, 0.1) is 6.92 Å². The minimum absolute atomic E-state index is 0.0754. The molecule has 0 spiro atoms. The first-order chi connectivity index (χ1) is 12.5. The van der Waals surface area contributed by atoms with Crippen molar-refractivity contribution in [3.05, 3.63) is 51.7 Å². The molecule has 0 radical (unpaired) electrons. The fourth-order valence-electron chi connectivity index (χ4n) is 3.45. The van der Waals surface area contributed by atoms with Crippen LogP contribution < -0.4 is 5.43 Å². The third-order valence-electron chi connectivity index (χ3n) is 4.73. The van der Waals surface area contributed by atoms with Crippen molar-refractivity contribution >= 4 is 11.9 Å². The fourth-order valence-corrected chi connectivity index (χ4v) is 3.45. The first kappa shape index (κ1) is 16.5. The number of hydrogen-bond donors (Lipinski definition) is 1. The Hall–Kier alpha value is -3.00. The van der Waals surface area contributed by atoms with Crippen LogP contribution in [0.4, 0.5) is 0 Å². The number of amides is 1. The number of fused-ring (bicyclic) bond motifs is 2. The molecule has 1 fully saturated rings. The summed E-state index contributed by atoms with van der Waals surface area (Å²) in [4.78, 5) is 43.2. The SMILES string of the molecule is Cc1ccc(-c2c3n(cc(C(=O)O)c2=O)CC2OCCCN2C3=O)cn1. The van der Waals surface area contributed by atoms with Crippen molar-refractivity contribution < 1.29 is 19.4 Å². The average molecular weight is 355 g/mol. The zero-order chi connectivity index (χ0) is 18.4. The Morgan fingerprint density at radius 2 is 2.15 bits per heavy atom. The van der Waals surface area contributed by atoms with E-state index in [0.717, 1.165) is 12.1 Å². The molecule has 0 aromatic carbocycles. The summed E-state index contributed by atoms with van der Waals surface area (Å²) in [6.45, 7) is 3.18. The molecule has 2 aliphatic heterocycles. The molecule has 0 saturated carbocycles. The number of carboxylic acids is 1. The number of carbonyl (C=O) groups is 2. The lowest BCUT2D eigenvalue weighted by Gasteiger charge is -2.40. The lowest BCUT2D eigenvalue weighted by molar-refractivity contribution is -0.0917. The third-order valence-corrected chi connectivity index (χ3v) is 4.73. The molecule has 0 aliphatic carbocycles. The second-order valence-corrected chi connectivity index (χ2v) is 6.42. The van der Waals surface area contributed by atoms with E-state index in [9.17, 15) is 19.5 Å². The van der Waals surface area contributed by atoms with E-state index >= 15 is 0 Å². The molecule has 2 aromatic rings. The number of aryl methyl sites for hydroxylation is 1. The Morgan fingerprint density at radius 3 is 2.85 bits per heavy atom. The van der Waals surface area contributed by atoms with Gasteiger partial charge in [-0.05, 0) is 19.4 Å². The summed E-state index contributed by atoms with van der Waals surface area (Å²) in [5.41, 5.74) is 0.393. The quantitative estimate of drug-likeness (QED) is 0.866. The number of rotatable bonds is 2. The van der Waals surface area contributed by atoms with E-state index < -0.39 is 17.6 Å². The highest BCUT2D eigenvalue weighted by atomic mass is 16.5. The number of carboxylic acid groups (broad SMARTS) is 1. The summed E-state index contributed by atoms with van der Waals surface area (Å²) in [6, 6.07) is 3.40. The number of nitrogens with zero attached hydrogens (tertiary/aromatic N) is 3. The number of aromatic carboxylic acids is 1. The summed E-state index contributed by atoms with van der Waals surface area (Å²) in [5, 5.41) is 9.43. The summed E-state index contributed by atoms with van der Waals surface area (Å²) in [7, 11) is 0. The molecule has 134 valence electrons.